The maximum Gasteiger partial charge on any atom is 0.254 e. The average Bonchev–Trinajstić information content (AvgIpc) is 3.24. The third-order valence-corrected chi connectivity index (χ3v) is 5.84. The van der Waals surface area contributed by atoms with Crippen LogP contribution in [0.1, 0.15) is 49.5 Å². The minimum Gasteiger partial charge on any atom is -0.349 e. The number of aromatic nitrogens is 4. The quantitative estimate of drug-likeness (QED) is 0.428. The summed E-state index contributed by atoms with van der Waals surface area (Å²) in [5.41, 5.74) is 5.64. The highest BCUT2D eigenvalue weighted by Crippen LogP contribution is 2.37. The van der Waals surface area contributed by atoms with E-state index in [1.54, 1.807) is 0 Å². The number of carbonyl (C=O) groups is 1. The van der Waals surface area contributed by atoms with Crippen molar-refractivity contribution in [3.05, 3.63) is 66.1 Å². The topological polar surface area (TPSA) is 72.7 Å². The monoisotopic (exact) mass is 427 g/mol. The van der Waals surface area contributed by atoms with Gasteiger partial charge in [-0.1, -0.05) is 44.2 Å². The van der Waals surface area contributed by atoms with Gasteiger partial charge in [0.25, 0.3) is 5.91 Å². The molecular formula is C26H29N5O. The van der Waals surface area contributed by atoms with Crippen LogP contribution in [0.4, 0.5) is 0 Å². The van der Waals surface area contributed by atoms with Gasteiger partial charge in [0.2, 0.25) is 0 Å². The number of carbonyl (C=O) groups excluding carboxylic acids is 1. The molecule has 3 aromatic heterocycles. The van der Waals surface area contributed by atoms with Gasteiger partial charge in [-0.05, 0) is 38.3 Å². The van der Waals surface area contributed by atoms with Crippen LogP contribution in [0, 0.1) is 6.92 Å². The molecule has 4 aromatic rings. The van der Waals surface area contributed by atoms with E-state index in [1.165, 1.54) is 0 Å². The van der Waals surface area contributed by atoms with E-state index in [9.17, 15) is 4.79 Å². The van der Waals surface area contributed by atoms with Gasteiger partial charge in [0.1, 0.15) is 0 Å². The smallest absolute Gasteiger partial charge is 0.254 e. The molecule has 6 heteroatoms. The standard InChI is InChI=1S/C26H29N5O/c1-5-20(6-2)29-26(32)23-22(19-13-17(4)14-27-15-19)21-16-28-31(7-3)25(21)30-24(23)18-11-9-8-10-12-18/h8-16,20H,5-7H2,1-4H3,(H,29,32). The third-order valence-electron chi connectivity index (χ3n) is 5.84. The lowest BCUT2D eigenvalue weighted by atomic mass is 9.93. The first-order valence-electron chi connectivity index (χ1n) is 11.2. The molecule has 0 aliphatic rings. The Bertz CT molecular complexity index is 1240. The van der Waals surface area contributed by atoms with Crippen LogP contribution in [-0.4, -0.2) is 31.7 Å². The molecule has 3 heterocycles. The van der Waals surface area contributed by atoms with Gasteiger partial charge in [0.15, 0.2) is 5.65 Å². The van der Waals surface area contributed by atoms with Crippen molar-refractivity contribution in [1.82, 2.24) is 25.1 Å². The summed E-state index contributed by atoms with van der Waals surface area (Å²) in [4.78, 5) is 23.2. The molecule has 0 fully saturated rings. The fourth-order valence-corrected chi connectivity index (χ4v) is 4.09. The van der Waals surface area contributed by atoms with Crippen LogP contribution in [0.15, 0.2) is 55.0 Å². The van der Waals surface area contributed by atoms with E-state index in [-0.39, 0.29) is 11.9 Å². The maximum absolute atomic E-state index is 13.8. The van der Waals surface area contributed by atoms with E-state index in [2.05, 4.69) is 35.3 Å². The molecule has 164 valence electrons. The van der Waals surface area contributed by atoms with Crippen molar-refractivity contribution in [1.29, 1.82) is 0 Å². The van der Waals surface area contributed by atoms with Crippen molar-refractivity contribution < 1.29 is 4.79 Å². The maximum atomic E-state index is 13.8. The third kappa shape index (κ3) is 4.00. The zero-order valence-corrected chi connectivity index (χ0v) is 19.1. The van der Waals surface area contributed by atoms with Gasteiger partial charge < -0.3 is 5.32 Å². The molecule has 1 aromatic carbocycles. The molecular weight excluding hydrogens is 398 g/mol. The predicted molar refractivity (Wildman–Crippen MR) is 128 cm³/mol. The molecule has 0 unspecified atom stereocenters. The van der Waals surface area contributed by atoms with Gasteiger partial charge in [-0.3, -0.25) is 9.78 Å². The van der Waals surface area contributed by atoms with Gasteiger partial charge in [-0.15, -0.1) is 0 Å². The fraction of sp³-hybridized carbons (Fsp3) is 0.308. The predicted octanol–water partition coefficient (Wildman–Crippen LogP) is 5.41. The molecule has 1 amide bonds. The first-order chi connectivity index (χ1) is 15.6. The summed E-state index contributed by atoms with van der Waals surface area (Å²) in [6.45, 7) is 8.91. The van der Waals surface area contributed by atoms with Crippen molar-refractivity contribution in [2.45, 2.75) is 53.1 Å². The van der Waals surface area contributed by atoms with Gasteiger partial charge in [-0.25, -0.2) is 9.67 Å². The molecule has 4 rings (SSSR count). The van der Waals surface area contributed by atoms with Crippen molar-refractivity contribution >= 4 is 16.9 Å². The van der Waals surface area contributed by atoms with Gasteiger partial charge in [0, 0.05) is 47.1 Å². The van der Waals surface area contributed by atoms with Crippen LogP contribution >= 0.6 is 0 Å². The zero-order chi connectivity index (χ0) is 22.7. The average molecular weight is 428 g/mol. The zero-order valence-electron chi connectivity index (χ0n) is 19.1. The fourth-order valence-electron chi connectivity index (χ4n) is 4.09. The van der Waals surface area contributed by atoms with E-state index >= 15 is 0 Å². The van der Waals surface area contributed by atoms with Crippen molar-refractivity contribution in [2.24, 2.45) is 0 Å². The first kappa shape index (κ1) is 21.7. The molecule has 0 aliphatic carbocycles. The second-order valence-corrected chi connectivity index (χ2v) is 8.01. The Labute approximate surface area is 188 Å². The number of nitrogens with zero attached hydrogens (tertiary/aromatic N) is 4. The number of nitrogens with one attached hydrogen (secondary N) is 1. The lowest BCUT2D eigenvalue weighted by molar-refractivity contribution is 0.0936. The van der Waals surface area contributed by atoms with Gasteiger partial charge in [0.05, 0.1) is 17.5 Å². The van der Waals surface area contributed by atoms with Crippen molar-refractivity contribution in [3.8, 4) is 22.4 Å². The number of rotatable bonds is 7. The Kier molecular flexibility index (Phi) is 6.30. The Hall–Kier alpha value is -3.54. The highest BCUT2D eigenvalue weighted by Gasteiger charge is 2.26. The molecule has 0 aliphatic heterocycles. The highest BCUT2D eigenvalue weighted by atomic mass is 16.1. The van der Waals surface area contributed by atoms with Crippen LogP contribution in [0.5, 0.6) is 0 Å². The van der Waals surface area contributed by atoms with E-state index in [0.717, 1.165) is 46.1 Å². The summed E-state index contributed by atoms with van der Waals surface area (Å²) in [5.74, 6) is -0.118. The minimum absolute atomic E-state index is 0.101. The lowest BCUT2D eigenvalue weighted by Crippen LogP contribution is -2.34. The molecule has 32 heavy (non-hydrogen) atoms. The summed E-state index contributed by atoms with van der Waals surface area (Å²) in [6.07, 6.45) is 7.18. The molecule has 0 saturated carbocycles. The minimum atomic E-state index is -0.118. The summed E-state index contributed by atoms with van der Waals surface area (Å²) >= 11 is 0. The molecule has 1 N–H and O–H groups in total. The van der Waals surface area contributed by atoms with Crippen LogP contribution in [-0.2, 0) is 6.54 Å². The molecule has 0 spiro atoms. The molecule has 0 saturated heterocycles. The molecule has 0 atom stereocenters. The largest absolute Gasteiger partial charge is 0.349 e. The van der Waals surface area contributed by atoms with E-state index in [4.69, 9.17) is 4.98 Å². The van der Waals surface area contributed by atoms with Crippen LogP contribution in [0.3, 0.4) is 0 Å². The van der Waals surface area contributed by atoms with Gasteiger partial charge in [-0.2, -0.15) is 5.10 Å². The Morgan fingerprint density at radius 3 is 2.44 bits per heavy atom. The second-order valence-electron chi connectivity index (χ2n) is 8.01. The van der Waals surface area contributed by atoms with E-state index in [1.807, 2.05) is 67.5 Å². The second kappa shape index (κ2) is 9.30. The molecule has 6 nitrogen and oxygen atoms in total. The summed E-state index contributed by atoms with van der Waals surface area (Å²) in [5, 5.41) is 8.63. The SMILES string of the molecule is CCC(CC)NC(=O)c1c(-c2ccccc2)nc2c(cnn2CC)c1-c1cncc(C)c1. The summed E-state index contributed by atoms with van der Waals surface area (Å²) in [7, 11) is 0. The number of hydrogen-bond donors (Lipinski definition) is 1. The summed E-state index contributed by atoms with van der Waals surface area (Å²) < 4.78 is 1.87. The summed E-state index contributed by atoms with van der Waals surface area (Å²) in [6, 6.07) is 12.1. The number of amides is 1. The van der Waals surface area contributed by atoms with E-state index in [0.29, 0.717) is 17.8 Å². The normalized spacial score (nSPS) is 11.3. The van der Waals surface area contributed by atoms with Crippen molar-refractivity contribution in [3.63, 3.8) is 0 Å². The lowest BCUT2D eigenvalue weighted by Gasteiger charge is -2.20. The Morgan fingerprint density at radius 2 is 1.78 bits per heavy atom. The van der Waals surface area contributed by atoms with E-state index < -0.39 is 0 Å². The number of pyridine rings is 2. The van der Waals surface area contributed by atoms with Gasteiger partial charge >= 0.3 is 0 Å². The number of hydrogen-bond acceptors (Lipinski definition) is 4. The van der Waals surface area contributed by atoms with Crippen LogP contribution in [0.2, 0.25) is 0 Å². The highest BCUT2D eigenvalue weighted by molar-refractivity contribution is 6.12. The number of benzene rings is 1. The molecule has 0 radical (unpaired) electrons. The number of aryl methyl sites for hydroxylation is 2. The molecule has 0 bridgehead atoms. The van der Waals surface area contributed by atoms with Crippen molar-refractivity contribution in [2.75, 3.05) is 0 Å². The van der Waals surface area contributed by atoms with Crippen LogP contribution < -0.4 is 5.32 Å². The Balaban J connectivity index is 2.09. The first-order valence-corrected chi connectivity index (χ1v) is 11.2. The Morgan fingerprint density at radius 1 is 1.03 bits per heavy atom. The van der Waals surface area contributed by atoms with Crippen LogP contribution in [0.25, 0.3) is 33.4 Å². The number of fused-ring (bicyclic) bond motifs is 1.